The number of para-hydroxylation sites is 2. The van der Waals surface area contributed by atoms with Crippen molar-refractivity contribution in [1.29, 1.82) is 0 Å². The number of ether oxygens (including phenoxy) is 1. The van der Waals surface area contributed by atoms with Crippen LogP contribution in [-0.2, 0) is 11.3 Å². The summed E-state index contributed by atoms with van der Waals surface area (Å²) in [5.74, 6) is 0.356. The molecule has 1 atom stereocenters. The largest absolute Gasteiger partial charge is 0.494 e. The number of benzene rings is 4. The number of nitrogens with one attached hydrogen (secondary N) is 1. The third kappa shape index (κ3) is 6.19. The Labute approximate surface area is 284 Å². The number of allylic oxidation sites excluding steroid dienone is 1. The molecule has 0 spiro atoms. The number of thiazole rings is 1. The van der Waals surface area contributed by atoms with E-state index in [1.807, 2.05) is 98.1 Å². The number of aromatic nitrogens is 2. The van der Waals surface area contributed by atoms with Gasteiger partial charge in [0.1, 0.15) is 5.75 Å². The molecule has 1 N–H and O–H groups in total. The predicted molar refractivity (Wildman–Crippen MR) is 191 cm³/mol. The van der Waals surface area contributed by atoms with Crippen LogP contribution in [0.5, 0.6) is 5.75 Å². The van der Waals surface area contributed by atoms with Gasteiger partial charge in [-0.3, -0.25) is 24.3 Å². The Bertz CT molecular complexity index is 2430. The zero-order valence-electron chi connectivity index (χ0n) is 26.7. The maximum absolute atomic E-state index is 14.4. The quantitative estimate of drug-likeness (QED) is 0.146. The van der Waals surface area contributed by atoms with Gasteiger partial charge in [0.2, 0.25) is 0 Å². The molecule has 49 heavy (non-hydrogen) atoms. The van der Waals surface area contributed by atoms with Gasteiger partial charge in [-0.15, -0.1) is 0 Å². The molecule has 0 saturated carbocycles. The van der Waals surface area contributed by atoms with Crippen molar-refractivity contribution in [3.05, 3.63) is 167 Å². The summed E-state index contributed by atoms with van der Waals surface area (Å²) >= 11 is 1.28. The van der Waals surface area contributed by atoms with E-state index in [1.54, 1.807) is 23.6 Å². The Balaban J connectivity index is 1.33. The van der Waals surface area contributed by atoms with Gasteiger partial charge in [-0.1, -0.05) is 72.0 Å². The van der Waals surface area contributed by atoms with E-state index in [-0.39, 0.29) is 17.2 Å². The highest BCUT2D eigenvalue weighted by Crippen LogP contribution is 2.32. The van der Waals surface area contributed by atoms with Gasteiger partial charge in [0.15, 0.2) is 4.80 Å². The summed E-state index contributed by atoms with van der Waals surface area (Å²) in [6.07, 6.45) is 3.86. The molecule has 3 heterocycles. The maximum atomic E-state index is 14.4. The van der Waals surface area contributed by atoms with E-state index < -0.39 is 11.0 Å². The van der Waals surface area contributed by atoms with Gasteiger partial charge in [0.25, 0.3) is 17.2 Å². The number of carbonyl (C=O) groups is 1. The fourth-order valence-electron chi connectivity index (χ4n) is 6.14. The van der Waals surface area contributed by atoms with Crippen molar-refractivity contribution in [2.75, 3.05) is 11.9 Å². The van der Waals surface area contributed by atoms with Crippen molar-refractivity contribution < 1.29 is 14.5 Å². The zero-order valence-corrected chi connectivity index (χ0v) is 27.5. The molecule has 1 aliphatic heterocycles. The van der Waals surface area contributed by atoms with E-state index in [4.69, 9.17) is 9.73 Å². The number of nitro benzene ring substituents is 1. The number of anilines is 1. The van der Waals surface area contributed by atoms with Crippen LogP contribution in [0, 0.1) is 10.1 Å². The minimum Gasteiger partial charge on any atom is -0.494 e. The number of non-ortho nitro benzene ring substituents is 1. The van der Waals surface area contributed by atoms with Crippen molar-refractivity contribution >= 4 is 45.6 Å². The SMILES string of the molecule is CCOc1ccc([C@H]2C(C(=O)Nc3ccccc3)=C(C)N=c3s/c(=C\c4cn(Cc5ccc([N+](=O)[O-])cc5)c5ccccc45)c(=O)n32)cc1. The van der Waals surface area contributed by atoms with Crippen LogP contribution in [0.1, 0.15) is 36.6 Å². The first kappa shape index (κ1) is 31.5. The van der Waals surface area contributed by atoms with Gasteiger partial charge in [-0.25, -0.2) is 4.99 Å². The average Bonchev–Trinajstić information content (AvgIpc) is 3.61. The molecule has 1 aliphatic rings. The van der Waals surface area contributed by atoms with Crippen LogP contribution in [0.3, 0.4) is 0 Å². The molecule has 1 amide bonds. The van der Waals surface area contributed by atoms with E-state index >= 15 is 0 Å². The molecule has 0 bridgehead atoms. The standard InChI is InChI=1S/C38H31N5O5S/c1-3-48-30-19-15-26(16-20-30)35-34(36(44)40-28-9-5-4-6-10-28)24(2)39-38-42(35)37(45)33(49-38)21-27-23-41(32-12-8-7-11-31(27)32)22-25-13-17-29(18-14-25)43(46)47/h4-21,23,35H,3,22H2,1-2H3,(H,40,44)/b33-21-/t35-/m0/s1. The second-order valence-electron chi connectivity index (χ2n) is 11.6. The maximum Gasteiger partial charge on any atom is 0.271 e. The van der Waals surface area contributed by atoms with Gasteiger partial charge in [0.05, 0.1) is 33.4 Å². The van der Waals surface area contributed by atoms with Crippen molar-refractivity contribution in [3.8, 4) is 5.75 Å². The summed E-state index contributed by atoms with van der Waals surface area (Å²) in [5, 5.41) is 15.1. The Morgan fingerprint density at radius 3 is 2.43 bits per heavy atom. The van der Waals surface area contributed by atoms with Crippen LogP contribution in [0.25, 0.3) is 17.0 Å². The lowest BCUT2D eigenvalue weighted by Crippen LogP contribution is -2.40. The number of nitro groups is 1. The summed E-state index contributed by atoms with van der Waals surface area (Å²) < 4.78 is 9.82. The van der Waals surface area contributed by atoms with Crippen molar-refractivity contribution in [3.63, 3.8) is 0 Å². The fourth-order valence-corrected chi connectivity index (χ4v) is 7.18. The van der Waals surface area contributed by atoms with E-state index in [9.17, 15) is 19.7 Å². The molecule has 0 radical (unpaired) electrons. The van der Waals surface area contributed by atoms with Crippen molar-refractivity contribution in [1.82, 2.24) is 9.13 Å². The first-order valence-corrected chi connectivity index (χ1v) is 16.6. The van der Waals surface area contributed by atoms with Gasteiger partial charge in [0, 0.05) is 47.0 Å². The molecule has 0 fully saturated rings. The molecule has 0 saturated heterocycles. The van der Waals surface area contributed by atoms with Crippen LogP contribution in [0.2, 0.25) is 0 Å². The molecular formula is C38H31N5O5S. The van der Waals surface area contributed by atoms with E-state index in [2.05, 4.69) is 9.88 Å². The smallest absolute Gasteiger partial charge is 0.271 e. The summed E-state index contributed by atoms with van der Waals surface area (Å²) in [7, 11) is 0. The van der Waals surface area contributed by atoms with Crippen molar-refractivity contribution in [2.24, 2.45) is 4.99 Å². The fraction of sp³-hybridized carbons (Fsp3) is 0.132. The highest BCUT2D eigenvalue weighted by Gasteiger charge is 2.32. The average molecular weight is 670 g/mol. The van der Waals surface area contributed by atoms with Crippen LogP contribution in [0.4, 0.5) is 11.4 Å². The zero-order chi connectivity index (χ0) is 34.1. The third-order valence-corrected chi connectivity index (χ3v) is 9.39. The topological polar surface area (TPSA) is 121 Å². The highest BCUT2D eigenvalue weighted by molar-refractivity contribution is 7.07. The monoisotopic (exact) mass is 669 g/mol. The normalized spacial score (nSPS) is 14.4. The number of hydrogen-bond acceptors (Lipinski definition) is 7. The van der Waals surface area contributed by atoms with E-state index in [0.717, 1.165) is 27.6 Å². The summed E-state index contributed by atoms with van der Waals surface area (Å²) in [6, 6.07) is 30.3. The van der Waals surface area contributed by atoms with E-state index in [0.29, 0.717) is 45.2 Å². The van der Waals surface area contributed by atoms with Gasteiger partial charge >= 0.3 is 0 Å². The summed E-state index contributed by atoms with van der Waals surface area (Å²) in [6.45, 7) is 4.72. The third-order valence-electron chi connectivity index (χ3n) is 8.41. The molecule has 4 aromatic carbocycles. The second kappa shape index (κ2) is 13.2. The first-order valence-electron chi connectivity index (χ1n) is 15.7. The van der Waals surface area contributed by atoms with Crippen LogP contribution < -0.4 is 24.9 Å². The number of nitrogens with zero attached hydrogens (tertiary/aromatic N) is 4. The Morgan fingerprint density at radius 2 is 1.71 bits per heavy atom. The van der Waals surface area contributed by atoms with Gasteiger partial charge < -0.3 is 14.6 Å². The minimum absolute atomic E-state index is 0.0386. The minimum atomic E-state index is -0.721. The molecule has 2 aromatic heterocycles. The first-order chi connectivity index (χ1) is 23.8. The molecular weight excluding hydrogens is 639 g/mol. The number of amides is 1. The lowest BCUT2D eigenvalue weighted by Gasteiger charge is -2.25. The van der Waals surface area contributed by atoms with Gasteiger partial charge in [-0.2, -0.15) is 0 Å². The number of rotatable bonds is 9. The van der Waals surface area contributed by atoms with Crippen LogP contribution >= 0.6 is 11.3 Å². The lowest BCUT2D eigenvalue weighted by atomic mass is 9.95. The van der Waals surface area contributed by atoms with Crippen LogP contribution in [0.15, 0.2) is 130 Å². The Kier molecular flexibility index (Phi) is 8.50. The molecule has 0 aliphatic carbocycles. The predicted octanol–water partition coefficient (Wildman–Crippen LogP) is 6.18. The van der Waals surface area contributed by atoms with Crippen molar-refractivity contribution in [2.45, 2.75) is 26.4 Å². The van der Waals surface area contributed by atoms with Crippen LogP contribution in [-0.4, -0.2) is 26.6 Å². The second-order valence-corrected chi connectivity index (χ2v) is 12.6. The Hall–Kier alpha value is -6.07. The molecule has 244 valence electrons. The molecule has 10 nitrogen and oxygen atoms in total. The molecule has 0 unspecified atom stereocenters. The number of fused-ring (bicyclic) bond motifs is 2. The molecule has 7 rings (SSSR count). The molecule has 6 aromatic rings. The molecule has 11 heteroatoms. The number of hydrogen-bond donors (Lipinski definition) is 1. The summed E-state index contributed by atoms with van der Waals surface area (Å²) in [5.41, 5.74) is 4.80. The Morgan fingerprint density at radius 1 is 1.00 bits per heavy atom. The lowest BCUT2D eigenvalue weighted by molar-refractivity contribution is -0.384. The highest BCUT2D eigenvalue weighted by atomic mass is 32.1. The number of carbonyl (C=O) groups excluding carboxylic acids is 1. The van der Waals surface area contributed by atoms with E-state index in [1.165, 1.54) is 23.5 Å². The van der Waals surface area contributed by atoms with Gasteiger partial charge in [-0.05, 0) is 61.4 Å². The summed E-state index contributed by atoms with van der Waals surface area (Å²) in [4.78, 5) is 44.3.